The maximum atomic E-state index is 5.44. The van der Waals surface area contributed by atoms with Crippen molar-refractivity contribution >= 4 is 21.6 Å². The highest BCUT2D eigenvalue weighted by Gasteiger charge is 2.13. The molecule has 2 aromatic carbocycles. The van der Waals surface area contributed by atoms with E-state index < -0.39 is 0 Å². The van der Waals surface area contributed by atoms with Crippen LogP contribution in [0.3, 0.4) is 0 Å². The predicted octanol–water partition coefficient (Wildman–Crippen LogP) is 4.28. The first kappa shape index (κ1) is 11.2. The van der Waals surface area contributed by atoms with Gasteiger partial charge >= 0.3 is 0 Å². The fourth-order valence-corrected chi connectivity index (χ4v) is 3.14. The highest BCUT2D eigenvalue weighted by atomic mass is 32.1. The lowest BCUT2D eigenvalue weighted by atomic mass is 10.1. The zero-order valence-corrected chi connectivity index (χ0v) is 11.1. The molecule has 2 nitrogen and oxygen atoms in total. The summed E-state index contributed by atoms with van der Waals surface area (Å²) < 4.78 is 6.65. The summed E-state index contributed by atoms with van der Waals surface area (Å²) >= 11 is 1.70. The number of nitrogens with zero attached hydrogens (tertiary/aromatic N) is 1. The quantitative estimate of drug-likeness (QED) is 0.682. The molecule has 18 heavy (non-hydrogen) atoms. The van der Waals surface area contributed by atoms with Gasteiger partial charge in [-0.25, -0.2) is 4.98 Å². The molecule has 0 amide bonds. The topological polar surface area (TPSA) is 22.1 Å². The Balaban J connectivity index is 2.25. The summed E-state index contributed by atoms with van der Waals surface area (Å²) in [5, 5.41) is 1.02. The second-order valence-corrected chi connectivity index (χ2v) is 5.17. The number of rotatable bonds is 2. The lowest BCUT2D eigenvalue weighted by Gasteiger charge is -2.08. The van der Waals surface area contributed by atoms with Gasteiger partial charge in [-0.15, -0.1) is 11.3 Å². The average Bonchev–Trinajstić information content (AvgIpc) is 2.81. The molecule has 0 radical (unpaired) electrons. The number of para-hydroxylation sites is 1. The highest BCUT2D eigenvalue weighted by molar-refractivity contribution is 7.21. The first-order valence-corrected chi connectivity index (χ1v) is 6.61. The molecule has 0 N–H and O–H groups in total. The van der Waals surface area contributed by atoms with Gasteiger partial charge in [-0.2, -0.15) is 0 Å². The van der Waals surface area contributed by atoms with Crippen molar-refractivity contribution < 1.29 is 4.74 Å². The molecule has 0 saturated heterocycles. The Hall–Kier alpha value is -1.87. The Morgan fingerprint density at radius 1 is 1.06 bits per heavy atom. The van der Waals surface area contributed by atoms with Crippen LogP contribution in [0.25, 0.3) is 20.8 Å². The Labute approximate surface area is 110 Å². The smallest absolute Gasteiger partial charge is 0.129 e. The van der Waals surface area contributed by atoms with Crippen LogP contribution in [-0.4, -0.2) is 12.1 Å². The minimum absolute atomic E-state index is 0.883. The monoisotopic (exact) mass is 255 g/mol. The van der Waals surface area contributed by atoms with Crippen molar-refractivity contribution in [3.8, 4) is 16.3 Å². The van der Waals surface area contributed by atoms with Crippen LogP contribution in [-0.2, 0) is 0 Å². The molecule has 3 rings (SSSR count). The second-order valence-electron chi connectivity index (χ2n) is 4.14. The van der Waals surface area contributed by atoms with E-state index in [1.54, 1.807) is 18.4 Å². The number of fused-ring (bicyclic) bond motifs is 1. The minimum Gasteiger partial charge on any atom is -0.496 e. The number of methoxy groups -OCH3 is 1. The molecule has 0 aliphatic carbocycles. The maximum absolute atomic E-state index is 5.44. The van der Waals surface area contributed by atoms with Gasteiger partial charge in [0.1, 0.15) is 10.8 Å². The fourth-order valence-electron chi connectivity index (χ4n) is 2.06. The summed E-state index contributed by atoms with van der Waals surface area (Å²) in [6.45, 7) is 2.09. The maximum Gasteiger partial charge on any atom is 0.129 e. The van der Waals surface area contributed by atoms with Crippen molar-refractivity contribution in [1.29, 1.82) is 0 Å². The Bertz CT molecular complexity index is 670. The van der Waals surface area contributed by atoms with Crippen LogP contribution in [0.1, 0.15) is 5.56 Å². The zero-order chi connectivity index (χ0) is 12.5. The van der Waals surface area contributed by atoms with Crippen molar-refractivity contribution in [3.63, 3.8) is 0 Å². The van der Waals surface area contributed by atoms with Crippen LogP contribution in [0.5, 0.6) is 5.75 Å². The van der Waals surface area contributed by atoms with Crippen LogP contribution in [0.4, 0.5) is 0 Å². The summed E-state index contributed by atoms with van der Waals surface area (Å²) in [7, 11) is 1.70. The second kappa shape index (κ2) is 4.42. The number of benzene rings is 2. The lowest BCUT2D eigenvalue weighted by molar-refractivity contribution is 0.416. The van der Waals surface area contributed by atoms with Crippen LogP contribution in [0.2, 0.25) is 0 Å². The number of ether oxygens (including phenoxy) is 1. The van der Waals surface area contributed by atoms with Crippen LogP contribution in [0, 0.1) is 6.92 Å². The average molecular weight is 255 g/mol. The summed E-state index contributed by atoms with van der Waals surface area (Å²) in [4.78, 5) is 4.69. The van der Waals surface area contributed by atoms with Gasteiger partial charge in [0, 0.05) is 0 Å². The molecular formula is C15H13NOS. The van der Waals surface area contributed by atoms with Crippen molar-refractivity contribution in [1.82, 2.24) is 4.98 Å². The van der Waals surface area contributed by atoms with Crippen LogP contribution < -0.4 is 4.74 Å². The van der Waals surface area contributed by atoms with Crippen molar-refractivity contribution in [2.75, 3.05) is 7.11 Å². The Kier molecular flexibility index (Phi) is 2.76. The molecule has 3 heteroatoms. The van der Waals surface area contributed by atoms with E-state index in [1.165, 1.54) is 10.3 Å². The van der Waals surface area contributed by atoms with Crippen molar-refractivity contribution in [3.05, 3.63) is 48.0 Å². The van der Waals surface area contributed by atoms with Crippen LogP contribution >= 0.6 is 11.3 Å². The molecule has 0 fully saturated rings. The third kappa shape index (κ3) is 1.77. The summed E-state index contributed by atoms with van der Waals surface area (Å²) in [5.41, 5.74) is 3.33. The molecule has 0 bridgehead atoms. The molecule has 1 heterocycles. The van der Waals surface area contributed by atoms with Gasteiger partial charge in [0.05, 0.1) is 22.9 Å². The summed E-state index contributed by atoms with van der Waals surface area (Å²) in [6.07, 6.45) is 0. The normalized spacial score (nSPS) is 10.8. The molecule has 0 atom stereocenters. The van der Waals surface area contributed by atoms with Gasteiger partial charge < -0.3 is 4.74 Å². The number of aryl methyl sites for hydroxylation is 1. The van der Waals surface area contributed by atoms with Gasteiger partial charge in [0.15, 0.2) is 0 Å². The Morgan fingerprint density at radius 2 is 1.89 bits per heavy atom. The van der Waals surface area contributed by atoms with Crippen LogP contribution in [0.15, 0.2) is 42.5 Å². The summed E-state index contributed by atoms with van der Waals surface area (Å²) in [5.74, 6) is 0.883. The molecule has 0 saturated carbocycles. The standard InChI is InChI=1S/C15H13NOS/c1-10-6-5-8-12(17-2)14(10)15-16-11-7-3-4-9-13(11)18-15/h3-9H,1-2H3. The van der Waals surface area contributed by atoms with Gasteiger partial charge in [0.2, 0.25) is 0 Å². The highest BCUT2D eigenvalue weighted by Crippen LogP contribution is 2.37. The number of hydrogen-bond donors (Lipinski definition) is 0. The van der Waals surface area contributed by atoms with E-state index in [0.29, 0.717) is 0 Å². The van der Waals surface area contributed by atoms with Gasteiger partial charge in [-0.1, -0.05) is 24.3 Å². The SMILES string of the molecule is COc1cccc(C)c1-c1nc2ccccc2s1. The van der Waals surface area contributed by atoms with E-state index in [-0.39, 0.29) is 0 Å². The van der Waals surface area contributed by atoms with E-state index in [1.807, 2.05) is 30.3 Å². The van der Waals surface area contributed by atoms with E-state index >= 15 is 0 Å². The summed E-state index contributed by atoms with van der Waals surface area (Å²) in [6, 6.07) is 14.3. The molecule has 0 unspecified atom stereocenters. The van der Waals surface area contributed by atoms with Crippen molar-refractivity contribution in [2.45, 2.75) is 6.92 Å². The third-order valence-electron chi connectivity index (χ3n) is 2.96. The predicted molar refractivity (Wildman–Crippen MR) is 76.3 cm³/mol. The lowest BCUT2D eigenvalue weighted by Crippen LogP contribution is -1.90. The first-order valence-electron chi connectivity index (χ1n) is 5.79. The zero-order valence-electron chi connectivity index (χ0n) is 10.3. The minimum atomic E-state index is 0.883. The molecule has 3 aromatic rings. The van der Waals surface area contributed by atoms with Gasteiger partial charge in [-0.05, 0) is 30.7 Å². The number of aromatic nitrogens is 1. The molecule has 0 aliphatic rings. The fraction of sp³-hybridized carbons (Fsp3) is 0.133. The molecule has 0 spiro atoms. The van der Waals surface area contributed by atoms with E-state index in [4.69, 9.17) is 9.72 Å². The van der Waals surface area contributed by atoms with E-state index in [2.05, 4.69) is 19.1 Å². The molecular weight excluding hydrogens is 242 g/mol. The molecule has 0 aliphatic heterocycles. The number of thiazole rings is 1. The van der Waals surface area contributed by atoms with Gasteiger partial charge in [-0.3, -0.25) is 0 Å². The first-order chi connectivity index (χ1) is 8.79. The van der Waals surface area contributed by atoms with E-state index in [0.717, 1.165) is 21.8 Å². The van der Waals surface area contributed by atoms with Crippen molar-refractivity contribution in [2.24, 2.45) is 0 Å². The Morgan fingerprint density at radius 3 is 2.67 bits per heavy atom. The van der Waals surface area contributed by atoms with E-state index in [9.17, 15) is 0 Å². The molecule has 1 aromatic heterocycles. The van der Waals surface area contributed by atoms with Gasteiger partial charge in [0.25, 0.3) is 0 Å². The molecule has 90 valence electrons. The third-order valence-corrected chi connectivity index (χ3v) is 4.02. The number of hydrogen-bond acceptors (Lipinski definition) is 3. The largest absolute Gasteiger partial charge is 0.496 e.